The maximum absolute atomic E-state index is 9.63. The summed E-state index contributed by atoms with van der Waals surface area (Å²) >= 11 is 0. The Morgan fingerprint density at radius 1 is 1.41 bits per heavy atom. The van der Waals surface area contributed by atoms with Crippen molar-refractivity contribution in [1.29, 1.82) is 0 Å². The van der Waals surface area contributed by atoms with Gasteiger partial charge in [-0.2, -0.15) is 5.10 Å². The predicted molar refractivity (Wildman–Crippen MR) is 67.8 cm³/mol. The van der Waals surface area contributed by atoms with Crippen LogP contribution in [-0.2, 0) is 13.6 Å². The lowest BCUT2D eigenvalue weighted by molar-refractivity contribution is 0.111. The minimum Gasteiger partial charge on any atom is -0.393 e. The molecule has 0 aliphatic heterocycles. The zero-order valence-corrected chi connectivity index (χ0v) is 11.0. The number of aliphatic hydroxyl groups excluding tert-OH is 1. The zero-order chi connectivity index (χ0) is 12.4. The van der Waals surface area contributed by atoms with Crippen molar-refractivity contribution in [3.8, 4) is 0 Å². The summed E-state index contributed by atoms with van der Waals surface area (Å²) in [5.74, 6) is 0. The molecule has 2 unspecified atom stereocenters. The number of nitrogens with zero attached hydrogens (tertiary/aromatic N) is 2. The topological polar surface area (TPSA) is 50.1 Å². The first-order valence-electron chi connectivity index (χ1n) is 6.48. The molecular formula is C13H23N3O. The van der Waals surface area contributed by atoms with Crippen LogP contribution in [0.15, 0.2) is 0 Å². The SMILES string of the molecule is Cc1nn(C)c(C)c1CNC1CCCC(O)C1. The van der Waals surface area contributed by atoms with Gasteiger partial charge in [0, 0.05) is 30.9 Å². The molecule has 1 aromatic rings. The molecule has 0 radical (unpaired) electrons. The number of aryl methyl sites for hydroxylation is 2. The van der Waals surface area contributed by atoms with E-state index in [4.69, 9.17) is 0 Å². The second-order valence-corrected chi connectivity index (χ2v) is 5.17. The average Bonchev–Trinajstić information content (AvgIpc) is 2.51. The van der Waals surface area contributed by atoms with Gasteiger partial charge in [0.25, 0.3) is 0 Å². The Labute approximate surface area is 103 Å². The smallest absolute Gasteiger partial charge is 0.0641 e. The fourth-order valence-electron chi connectivity index (χ4n) is 2.67. The molecule has 1 fully saturated rings. The predicted octanol–water partition coefficient (Wildman–Crippen LogP) is 1.43. The van der Waals surface area contributed by atoms with Gasteiger partial charge in [0.15, 0.2) is 0 Å². The summed E-state index contributed by atoms with van der Waals surface area (Å²) in [4.78, 5) is 0. The maximum Gasteiger partial charge on any atom is 0.0641 e. The molecule has 0 amide bonds. The second kappa shape index (κ2) is 5.19. The van der Waals surface area contributed by atoms with Crippen LogP contribution in [0.5, 0.6) is 0 Å². The lowest BCUT2D eigenvalue weighted by atomic mass is 9.93. The first-order valence-corrected chi connectivity index (χ1v) is 6.48. The standard InChI is InChI=1S/C13H23N3O/c1-9-13(10(2)16(3)15-9)8-14-11-5-4-6-12(17)7-11/h11-12,14,17H,4-8H2,1-3H3. The Hall–Kier alpha value is -0.870. The molecule has 96 valence electrons. The lowest BCUT2D eigenvalue weighted by Gasteiger charge is -2.26. The Bertz CT molecular complexity index is 386. The molecule has 1 heterocycles. The van der Waals surface area contributed by atoms with Gasteiger partial charge in [-0.15, -0.1) is 0 Å². The van der Waals surface area contributed by atoms with Crippen LogP contribution in [0.1, 0.15) is 42.6 Å². The van der Waals surface area contributed by atoms with E-state index < -0.39 is 0 Å². The number of aromatic nitrogens is 2. The molecule has 2 rings (SSSR count). The number of hydrogen-bond acceptors (Lipinski definition) is 3. The minimum atomic E-state index is -0.114. The molecule has 1 aliphatic rings. The fraction of sp³-hybridized carbons (Fsp3) is 0.769. The Balaban J connectivity index is 1.93. The molecule has 0 spiro atoms. The monoisotopic (exact) mass is 237 g/mol. The van der Waals surface area contributed by atoms with Crippen LogP contribution in [0.3, 0.4) is 0 Å². The van der Waals surface area contributed by atoms with Gasteiger partial charge in [0.05, 0.1) is 11.8 Å². The quantitative estimate of drug-likeness (QED) is 0.836. The minimum absolute atomic E-state index is 0.114. The fourth-order valence-corrected chi connectivity index (χ4v) is 2.67. The molecule has 0 saturated heterocycles. The van der Waals surface area contributed by atoms with Crippen LogP contribution in [0.4, 0.5) is 0 Å². The van der Waals surface area contributed by atoms with Crippen LogP contribution < -0.4 is 5.32 Å². The van der Waals surface area contributed by atoms with Crippen molar-refractivity contribution < 1.29 is 5.11 Å². The third-order valence-electron chi connectivity index (χ3n) is 3.87. The van der Waals surface area contributed by atoms with Crippen LogP contribution in [-0.4, -0.2) is 27.0 Å². The highest BCUT2D eigenvalue weighted by Crippen LogP contribution is 2.19. The van der Waals surface area contributed by atoms with Gasteiger partial charge >= 0.3 is 0 Å². The van der Waals surface area contributed by atoms with E-state index >= 15 is 0 Å². The highest BCUT2D eigenvalue weighted by molar-refractivity contribution is 5.24. The molecule has 2 N–H and O–H groups in total. The van der Waals surface area contributed by atoms with E-state index in [-0.39, 0.29) is 6.10 Å². The van der Waals surface area contributed by atoms with Crippen molar-refractivity contribution in [2.75, 3.05) is 0 Å². The summed E-state index contributed by atoms with van der Waals surface area (Å²) < 4.78 is 1.93. The van der Waals surface area contributed by atoms with Crippen LogP contribution in [0.25, 0.3) is 0 Å². The van der Waals surface area contributed by atoms with Gasteiger partial charge in [-0.1, -0.05) is 0 Å². The van der Waals surface area contributed by atoms with E-state index in [0.717, 1.165) is 31.5 Å². The molecule has 4 nitrogen and oxygen atoms in total. The molecule has 0 bridgehead atoms. The Morgan fingerprint density at radius 3 is 2.76 bits per heavy atom. The van der Waals surface area contributed by atoms with Gasteiger partial charge in [-0.3, -0.25) is 4.68 Å². The Kier molecular flexibility index (Phi) is 3.84. The van der Waals surface area contributed by atoms with Crippen molar-refractivity contribution in [2.24, 2.45) is 7.05 Å². The molecule has 17 heavy (non-hydrogen) atoms. The van der Waals surface area contributed by atoms with Crippen molar-refractivity contribution >= 4 is 0 Å². The normalized spacial score (nSPS) is 25.2. The van der Waals surface area contributed by atoms with Gasteiger partial charge in [-0.05, 0) is 39.5 Å². The number of hydrogen-bond donors (Lipinski definition) is 2. The largest absolute Gasteiger partial charge is 0.393 e. The summed E-state index contributed by atoms with van der Waals surface area (Å²) in [5, 5.41) is 17.6. The first kappa shape index (κ1) is 12.6. The first-order chi connectivity index (χ1) is 8.08. The molecule has 2 atom stereocenters. The van der Waals surface area contributed by atoms with Crippen molar-refractivity contribution in [2.45, 2.75) is 58.2 Å². The molecule has 4 heteroatoms. The van der Waals surface area contributed by atoms with E-state index in [1.54, 1.807) is 0 Å². The highest BCUT2D eigenvalue weighted by Gasteiger charge is 2.20. The highest BCUT2D eigenvalue weighted by atomic mass is 16.3. The molecule has 1 aromatic heterocycles. The lowest BCUT2D eigenvalue weighted by Crippen LogP contribution is -2.35. The third-order valence-corrected chi connectivity index (χ3v) is 3.87. The summed E-state index contributed by atoms with van der Waals surface area (Å²) in [5.41, 5.74) is 3.63. The van der Waals surface area contributed by atoms with Gasteiger partial charge in [0.1, 0.15) is 0 Å². The number of rotatable bonds is 3. The van der Waals surface area contributed by atoms with Crippen molar-refractivity contribution in [3.63, 3.8) is 0 Å². The van der Waals surface area contributed by atoms with E-state index in [1.165, 1.54) is 17.7 Å². The molecule has 0 aromatic carbocycles. The van der Waals surface area contributed by atoms with Crippen LogP contribution in [0.2, 0.25) is 0 Å². The van der Waals surface area contributed by atoms with E-state index in [1.807, 2.05) is 11.7 Å². The third kappa shape index (κ3) is 2.87. The molecule has 1 aliphatic carbocycles. The van der Waals surface area contributed by atoms with E-state index in [2.05, 4.69) is 24.3 Å². The summed E-state index contributed by atoms with van der Waals surface area (Å²) in [6, 6.07) is 0.456. The zero-order valence-electron chi connectivity index (χ0n) is 11.0. The van der Waals surface area contributed by atoms with E-state index in [0.29, 0.717) is 6.04 Å². The van der Waals surface area contributed by atoms with E-state index in [9.17, 15) is 5.11 Å². The molecule has 1 saturated carbocycles. The number of nitrogens with one attached hydrogen (secondary N) is 1. The van der Waals surface area contributed by atoms with Crippen molar-refractivity contribution in [1.82, 2.24) is 15.1 Å². The maximum atomic E-state index is 9.63. The second-order valence-electron chi connectivity index (χ2n) is 5.17. The van der Waals surface area contributed by atoms with Crippen molar-refractivity contribution in [3.05, 3.63) is 17.0 Å². The average molecular weight is 237 g/mol. The summed E-state index contributed by atoms with van der Waals surface area (Å²) in [6.07, 6.45) is 4.04. The van der Waals surface area contributed by atoms with Gasteiger partial charge in [0.2, 0.25) is 0 Å². The summed E-state index contributed by atoms with van der Waals surface area (Å²) in [6.45, 7) is 5.02. The molecular weight excluding hydrogens is 214 g/mol. The van der Waals surface area contributed by atoms with Gasteiger partial charge in [-0.25, -0.2) is 0 Å². The van der Waals surface area contributed by atoms with Crippen LogP contribution in [0, 0.1) is 13.8 Å². The Morgan fingerprint density at radius 2 is 2.18 bits per heavy atom. The summed E-state index contributed by atoms with van der Waals surface area (Å²) in [7, 11) is 1.98. The van der Waals surface area contributed by atoms with Crippen LogP contribution >= 0.6 is 0 Å². The van der Waals surface area contributed by atoms with Gasteiger partial charge < -0.3 is 10.4 Å². The number of aliphatic hydroxyl groups is 1.